The second-order valence-corrected chi connectivity index (χ2v) is 7.01. The van der Waals surface area contributed by atoms with Gasteiger partial charge in [-0.3, -0.25) is 9.69 Å². The first-order valence-corrected chi connectivity index (χ1v) is 6.39. The molecule has 2 aliphatic rings. The van der Waals surface area contributed by atoms with Crippen LogP contribution >= 0.6 is 0 Å². The number of nitrogens with zero attached hydrogens (tertiary/aromatic N) is 1. The van der Waals surface area contributed by atoms with E-state index in [0.717, 1.165) is 0 Å². The highest BCUT2D eigenvalue weighted by Crippen LogP contribution is 2.59. The van der Waals surface area contributed by atoms with E-state index in [-0.39, 0.29) is 22.8 Å². The van der Waals surface area contributed by atoms with Gasteiger partial charge in [0.25, 0.3) is 0 Å². The van der Waals surface area contributed by atoms with Crippen LogP contribution in [0.5, 0.6) is 0 Å². The maximum Gasteiger partial charge on any atom is 0.153 e. The number of hydrogen-bond acceptors (Lipinski definition) is 2. The van der Waals surface area contributed by atoms with Gasteiger partial charge in [0, 0.05) is 12.0 Å². The molecule has 2 heteroatoms. The Kier molecular flexibility index (Phi) is 2.34. The van der Waals surface area contributed by atoms with Crippen LogP contribution in [-0.2, 0) is 4.79 Å². The van der Waals surface area contributed by atoms with Gasteiger partial charge in [0.05, 0.1) is 6.04 Å². The molecule has 0 aliphatic carbocycles. The maximum absolute atomic E-state index is 12.5. The summed E-state index contributed by atoms with van der Waals surface area (Å²) in [6, 6.07) is 0.638. The summed E-state index contributed by atoms with van der Waals surface area (Å²) in [5, 5.41) is 0. The quantitative estimate of drug-likeness (QED) is 0.629. The zero-order valence-electron chi connectivity index (χ0n) is 11.7. The summed E-state index contributed by atoms with van der Waals surface area (Å²) >= 11 is 0. The third-order valence-corrected chi connectivity index (χ3v) is 5.93. The van der Waals surface area contributed by atoms with Gasteiger partial charge in [0.15, 0.2) is 5.78 Å². The van der Waals surface area contributed by atoms with E-state index >= 15 is 0 Å². The van der Waals surface area contributed by atoms with E-state index in [4.69, 9.17) is 0 Å². The van der Waals surface area contributed by atoms with E-state index in [2.05, 4.69) is 53.5 Å². The van der Waals surface area contributed by atoms with Crippen molar-refractivity contribution in [2.24, 2.45) is 22.7 Å². The molecule has 4 unspecified atom stereocenters. The SMILES string of the molecule is CC1C(=O)C2N(C)C(C1C)C(C)(C)C2(C)C. The molecule has 0 spiro atoms. The van der Waals surface area contributed by atoms with Crippen LogP contribution in [0.15, 0.2) is 0 Å². The topological polar surface area (TPSA) is 20.3 Å². The Bertz CT molecular complexity index is 332. The number of piperidine rings is 1. The average Bonchev–Trinajstić information content (AvgIpc) is 2.24. The third-order valence-electron chi connectivity index (χ3n) is 5.93. The molecule has 4 atom stereocenters. The Morgan fingerprint density at radius 3 is 2.06 bits per heavy atom. The number of ketones is 1. The predicted molar refractivity (Wildman–Crippen MR) is 66.2 cm³/mol. The molecule has 0 aromatic heterocycles. The summed E-state index contributed by atoms with van der Waals surface area (Å²) in [6.07, 6.45) is 0. The van der Waals surface area contributed by atoms with Gasteiger partial charge in [-0.05, 0) is 23.8 Å². The number of carbonyl (C=O) groups excluding carboxylic acids is 1. The molecule has 2 saturated heterocycles. The molecule has 0 amide bonds. The molecule has 0 radical (unpaired) electrons. The number of hydrogen-bond donors (Lipinski definition) is 0. The van der Waals surface area contributed by atoms with Gasteiger partial charge >= 0.3 is 0 Å². The zero-order valence-corrected chi connectivity index (χ0v) is 11.7. The molecule has 2 fully saturated rings. The highest BCUT2D eigenvalue weighted by atomic mass is 16.1. The summed E-state index contributed by atoms with van der Waals surface area (Å²) in [5.41, 5.74) is 0.273. The fourth-order valence-corrected chi connectivity index (χ4v) is 4.28. The van der Waals surface area contributed by atoms with E-state index in [9.17, 15) is 4.79 Å². The molecule has 2 rings (SSSR count). The minimum Gasteiger partial charge on any atom is -0.298 e. The van der Waals surface area contributed by atoms with Gasteiger partial charge in [0.2, 0.25) is 0 Å². The highest BCUT2D eigenvalue weighted by Gasteiger charge is 2.65. The van der Waals surface area contributed by atoms with Gasteiger partial charge in [-0.2, -0.15) is 0 Å². The molecular formula is C14H25NO. The number of carbonyl (C=O) groups is 1. The van der Waals surface area contributed by atoms with E-state index in [1.54, 1.807) is 0 Å². The van der Waals surface area contributed by atoms with Crippen molar-refractivity contribution in [2.75, 3.05) is 7.05 Å². The van der Waals surface area contributed by atoms with E-state index in [1.165, 1.54) is 0 Å². The van der Waals surface area contributed by atoms with Crippen LogP contribution < -0.4 is 0 Å². The first-order chi connectivity index (χ1) is 7.14. The lowest BCUT2D eigenvalue weighted by molar-refractivity contribution is -0.135. The summed E-state index contributed by atoms with van der Waals surface area (Å²) in [5.74, 6) is 1.12. The Morgan fingerprint density at radius 2 is 1.56 bits per heavy atom. The van der Waals surface area contributed by atoms with Crippen LogP contribution in [0.25, 0.3) is 0 Å². The van der Waals surface area contributed by atoms with Crippen molar-refractivity contribution in [3.8, 4) is 0 Å². The van der Waals surface area contributed by atoms with Gasteiger partial charge in [0.1, 0.15) is 0 Å². The van der Waals surface area contributed by atoms with Gasteiger partial charge in [-0.1, -0.05) is 41.5 Å². The number of Topliss-reactive ketones (excluding diaryl/α,β-unsaturated/α-hetero) is 1. The summed E-state index contributed by atoms with van der Waals surface area (Å²) < 4.78 is 0. The summed E-state index contributed by atoms with van der Waals surface area (Å²) in [6.45, 7) is 13.5. The molecule has 0 saturated carbocycles. The molecule has 92 valence electrons. The van der Waals surface area contributed by atoms with E-state index in [0.29, 0.717) is 17.7 Å². The van der Waals surface area contributed by atoms with Gasteiger partial charge in [-0.25, -0.2) is 0 Å². The third kappa shape index (κ3) is 1.09. The fourth-order valence-electron chi connectivity index (χ4n) is 4.28. The summed E-state index contributed by atoms with van der Waals surface area (Å²) in [7, 11) is 2.13. The first-order valence-electron chi connectivity index (χ1n) is 6.39. The fraction of sp³-hybridized carbons (Fsp3) is 0.929. The summed E-state index contributed by atoms with van der Waals surface area (Å²) in [4.78, 5) is 14.8. The maximum atomic E-state index is 12.5. The second-order valence-electron chi connectivity index (χ2n) is 7.01. The number of fused-ring (bicyclic) bond motifs is 2. The minimum atomic E-state index is 0.0719. The van der Waals surface area contributed by atoms with Crippen LogP contribution in [0.3, 0.4) is 0 Å². The second kappa shape index (κ2) is 3.10. The molecule has 2 bridgehead atoms. The Labute approximate surface area is 99.4 Å². The largest absolute Gasteiger partial charge is 0.298 e. The lowest BCUT2D eigenvalue weighted by atomic mass is 9.64. The molecule has 0 aromatic rings. The van der Waals surface area contributed by atoms with Crippen molar-refractivity contribution in [1.29, 1.82) is 0 Å². The van der Waals surface area contributed by atoms with Crippen molar-refractivity contribution in [3.63, 3.8) is 0 Å². The highest BCUT2D eigenvalue weighted by molar-refractivity contribution is 5.89. The Morgan fingerprint density at radius 1 is 1.06 bits per heavy atom. The van der Waals surface area contributed by atoms with Gasteiger partial charge < -0.3 is 0 Å². The van der Waals surface area contributed by atoms with Crippen LogP contribution in [0.1, 0.15) is 41.5 Å². The van der Waals surface area contributed by atoms with Crippen molar-refractivity contribution in [2.45, 2.75) is 53.6 Å². The van der Waals surface area contributed by atoms with Gasteiger partial charge in [-0.15, -0.1) is 0 Å². The van der Waals surface area contributed by atoms with Crippen LogP contribution in [0.2, 0.25) is 0 Å². The van der Waals surface area contributed by atoms with Crippen molar-refractivity contribution >= 4 is 5.78 Å². The molecule has 16 heavy (non-hydrogen) atoms. The predicted octanol–water partition coefficient (Wildman–Crippen LogP) is 2.58. The number of rotatable bonds is 0. The molecule has 2 aliphatic heterocycles. The van der Waals surface area contributed by atoms with Crippen LogP contribution in [-0.4, -0.2) is 29.8 Å². The average molecular weight is 223 g/mol. The number of likely N-dealkylation sites (N-methyl/N-ethyl adjacent to an activating group) is 1. The monoisotopic (exact) mass is 223 g/mol. The smallest absolute Gasteiger partial charge is 0.153 e. The minimum absolute atomic E-state index is 0.0719. The van der Waals surface area contributed by atoms with Crippen molar-refractivity contribution < 1.29 is 4.79 Å². The molecule has 0 N–H and O–H groups in total. The molecule has 2 heterocycles. The van der Waals surface area contributed by atoms with Crippen molar-refractivity contribution in [1.82, 2.24) is 4.90 Å². The normalized spacial score (nSPS) is 46.1. The standard InChI is InChI=1S/C14H25NO/c1-8-9(2)11-13(3,4)14(5,6)12(10(8)16)15(11)7/h8-9,11-12H,1-7H3. The zero-order chi connectivity index (χ0) is 12.5. The lowest BCUT2D eigenvalue weighted by Gasteiger charge is -2.42. The lowest BCUT2D eigenvalue weighted by Crippen LogP contribution is -2.53. The van der Waals surface area contributed by atoms with E-state index < -0.39 is 0 Å². The Hall–Kier alpha value is -0.370. The van der Waals surface area contributed by atoms with Crippen LogP contribution in [0, 0.1) is 22.7 Å². The van der Waals surface area contributed by atoms with Crippen LogP contribution in [0.4, 0.5) is 0 Å². The van der Waals surface area contributed by atoms with Crippen molar-refractivity contribution in [3.05, 3.63) is 0 Å². The molecular weight excluding hydrogens is 198 g/mol. The molecule has 0 aromatic carbocycles. The van der Waals surface area contributed by atoms with E-state index in [1.807, 2.05) is 0 Å². The Balaban J connectivity index is 2.57. The first kappa shape index (κ1) is 12.1. The molecule has 2 nitrogen and oxygen atoms in total.